The van der Waals surface area contributed by atoms with Gasteiger partial charge in [0.05, 0.1) is 5.69 Å². The van der Waals surface area contributed by atoms with Crippen LogP contribution in [0, 0.1) is 5.92 Å². The van der Waals surface area contributed by atoms with Gasteiger partial charge in [0.25, 0.3) is 0 Å². The molecule has 3 heteroatoms. The maximum Gasteiger partial charge on any atom is 0.196 e. The molecule has 0 amide bonds. The third-order valence-corrected chi connectivity index (χ3v) is 3.23. The van der Waals surface area contributed by atoms with Gasteiger partial charge in [-0.3, -0.25) is 0 Å². The minimum Gasteiger partial charge on any atom is -0.369 e. The molecule has 1 aliphatic rings. The second-order valence-corrected chi connectivity index (χ2v) is 5.41. The molecule has 0 unspecified atom stereocenters. The van der Waals surface area contributed by atoms with Crippen LogP contribution in [0.4, 0.5) is 5.69 Å². The van der Waals surface area contributed by atoms with Gasteiger partial charge in [0, 0.05) is 12.6 Å². The molecule has 0 aromatic heterocycles. The molecule has 0 aliphatic heterocycles. The maximum absolute atomic E-state index is 6.15. The summed E-state index contributed by atoms with van der Waals surface area (Å²) in [4.78, 5) is 6.79. The average molecular weight is 245 g/mol. The van der Waals surface area contributed by atoms with Gasteiger partial charge in [0.15, 0.2) is 5.96 Å². The van der Waals surface area contributed by atoms with Crippen molar-refractivity contribution < 1.29 is 0 Å². The van der Waals surface area contributed by atoms with Crippen molar-refractivity contribution in [1.82, 2.24) is 4.90 Å². The second-order valence-electron chi connectivity index (χ2n) is 5.41. The zero-order valence-corrected chi connectivity index (χ0v) is 11.3. The van der Waals surface area contributed by atoms with E-state index in [1.165, 1.54) is 19.3 Å². The zero-order chi connectivity index (χ0) is 13.0. The number of hydrogen-bond acceptors (Lipinski definition) is 1. The first-order valence-electron chi connectivity index (χ1n) is 6.82. The van der Waals surface area contributed by atoms with Crippen LogP contribution in [0.5, 0.6) is 0 Å². The molecule has 1 fully saturated rings. The van der Waals surface area contributed by atoms with Gasteiger partial charge < -0.3 is 10.6 Å². The lowest BCUT2D eigenvalue weighted by atomic mass is 10.1. The first kappa shape index (κ1) is 12.9. The van der Waals surface area contributed by atoms with Crippen molar-refractivity contribution in [3.8, 4) is 0 Å². The Morgan fingerprint density at radius 2 is 2.00 bits per heavy atom. The Hall–Kier alpha value is -1.51. The van der Waals surface area contributed by atoms with Crippen LogP contribution in [0.3, 0.4) is 0 Å². The lowest BCUT2D eigenvalue weighted by molar-refractivity contribution is 0.369. The molecule has 0 atom stereocenters. The van der Waals surface area contributed by atoms with Crippen molar-refractivity contribution >= 4 is 11.6 Å². The summed E-state index contributed by atoms with van der Waals surface area (Å²) >= 11 is 0. The number of nitrogens with zero attached hydrogens (tertiary/aromatic N) is 2. The van der Waals surface area contributed by atoms with Crippen LogP contribution in [0.15, 0.2) is 35.3 Å². The van der Waals surface area contributed by atoms with Gasteiger partial charge >= 0.3 is 0 Å². The highest BCUT2D eigenvalue weighted by Crippen LogP contribution is 2.27. The third-order valence-electron chi connectivity index (χ3n) is 3.23. The smallest absolute Gasteiger partial charge is 0.196 e. The predicted molar refractivity (Wildman–Crippen MR) is 76.9 cm³/mol. The van der Waals surface area contributed by atoms with Crippen LogP contribution < -0.4 is 5.73 Å². The van der Waals surface area contributed by atoms with Gasteiger partial charge in [-0.1, -0.05) is 32.0 Å². The Morgan fingerprint density at radius 3 is 2.56 bits per heavy atom. The number of guanidine groups is 1. The van der Waals surface area contributed by atoms with E-state index in [1.54, 1.807) is 0 Å². The van der Waals surface area contributed by atoms with E-state index in [4.69, 9.17) is 5.73 Å². The molecule has 1 aromatic carbocycles. The second kappa shape index (κ2) is 5.89. The summed E-state index contributed by atoms with van der Waals surface area (Å²) in [6.45, 7) is 5.51. The van der Waals surface area contributed by atoms with Gasteiger partial charge in [-0.25, -0.2) is 4.99 Å². The van der Waals surface area contributed by atoms with Crippen molar-refractivity contribution in [3.05, 3.63) is 30.3 Å². The van der Waals surface area contributed by atoms with E-state index in [-0.39, 0.29) is 0 Å². The Balaban J connectivity index is 2.03. The highest BCUT2D eigenvalue weighted by Gasteiger charge is 2.30. The van der Waals surface area contributed by atoms with E-state index in [1.807, 2.05) is 30.3 Å². The summed E-state index contributed by atoms with van der Waals surface area (Å²) in [5, 5.41) is 0. The Morgan fingerprint density at radius 1 is 1.33 bits per heavy atom. The van der Waals surface area contributed by atoms with Crippen molar-refractivity contribution in [1.29, 1.82) is 0 Å². The maximum atomic E-state index is 6.15. The fourth-order valence-electron chi connectivity index (χ4n) is 1.97. The number of aliphatic imine (C=N–C) groups is 1. The topological polar surface area (TPSA) is 41.6 Å². The first-order chi connectivity index (χ1) is 8.66. The SMILES string of the molecule is CC(C)CCN(C(N)=Nc1ccccc1)C1CC1. The van der Waals surface area contributed by atoms with Gasteiger partial charge in [-0.05, 0) is 37.3 Å². The van der Waals surface area contributed by atoms with Gasteiger partial charge in [-0.2, -0.15) is 0 Å². The van der Waals surface area contributed by atoms with Crippen molar-refractivity contribution in [2.24, 2.45) is 16.6 Å². The molecule has 1 aliphatic carbocycles. The zero-order valence-electron chi connectivity index (χ0n) is 11.3. The molecule has 0 heterocycles. The van der Waals surface area contributed by atoms with Crippen LogP contribution in [0.2, 0.25) is 0 Å². The molecule has 0 saturated heterocycles. The molecule has 0 spiro atoms. The minimum atomic E-state index is 0.621. The van der Waals surface area contributed by atoms with Gasteiger partial charge in [0.1, 0.15) is 0 Å². The summed E-state index contributed by atoms with van der Waals surface area (Å²) in [5.74, 6) is 1.38. The lowest BCUT2D eigenvalue weighted by Gasteiger charge is -2.24. The molecular weight excluding hydrogens is 222 g/mol. The van der Waals surface area contributed by atoms with E-state index < -0.39 is 0 Å². The number of rotatable bonds is 5. The molecule has 0 radical (unpaired) electrons. The monoisotopic (exact) mass is 245 g/mol. The summed E-state index contributed by atoms with van der Waals surface area (Å²) in [6.07, 6.45) is 3.67. The van der Waals surface area contributed by atoms with Crippen LogP contribution in [0.1, 0.15) is 33.1 Å². The molecule has 98 valence electrons. The van der Waals surface area contributed by atoms with E-state index in [0.29, 0.717) is 17.9 Å². The molecule has 1 saturated carbocycles. The normalized spacial score (nSPS) is 16.1. The molecule has 3 nitrogen and oxygen atoms in total. The predicted octanol–water partition coefficient (Wildman–Crippen LogP) is 3.14. The Bertz CT molecular complexity index is 393. The molecule has 0 bridgehead atoms. The summed E-state index contributed by atoms with van der Waals surface area (Å²) < 4.78 is 0. The van der Waals surface area contributed by atoms with Crippen LogP contribution in [-0.2, 0) is 0 Å². The molecule has 2 N–H and O–H groups in total. The van der Waals surface area contributed by atoms with E-state index in [0.717, 1.165) is 12.2 Å². The van der Waals surface area contributed by atoms with E-state index in [9.17, 15) is 0 Å². The highest BCUT2D eigenvalue weighted by molar-refractivity contribution is 5.81. The molecule has 1 aromatic rings. The fraction of sp³-hybridized carbons (Fsp3) is 0.533. The number of para-hydroxylation sites is 1. The molecule has 2 rings (SSSR count). The van der Waals surface area contributed by atoms with Crippen molar-refractivity contribution in [2.45, 2.75) is 39.2 Å². The van der Waals surface area contributed by atoms with Gasteiger partial charge in [-0.15, -0.1) is 0 Å². The summed E-state index contributed by atoms with van der Waals surface area (Å²) in [5.41, 5.74) is 7.09. The summed E-state index contributed by atoms with van der Waals surface area (Å²) in [6, 6.07) is 10.6. The Labute approximate surface area is 110 Å². The lowest BCUT2D eigenvalue weighted by Crippen LogP contribution is -2.39. The van der Waals surface area contributed by atoms with Crippen LogP contribution in [0.25, 0.3) is 0 Å². The van der Waals surface area contributed by atoms with Crippen LogP contribution in [-0.4, -0.2) is 23.4 Å². The van der Waals surface area contributed by atoms with Crippen molar-refractivity contribution in [3.63, 3.8) is 0 Å². The summed E-state index contributed by atoms with van der Waals surface area (Å²) in [7, 11) is 0. The quantitative estimate of drug-likeness (QED) is 0.639. The molecule has 18 heavy (non-hydrogen) atoms. The van der Waals surface area contributed by atoms with Crippen LogP contribution >= 0.6 is 0 Å². The van der Waals surface area contributed by atoms with Crippen molar-refractivity contribution in [2.75, 3.05) is 6.54 Å². The molecular formula is C15H23N3. The first-order valence-corrected chi connectivity index (χ1v) is 6.82. The van der Waals surface area contributed by atoms with Gasteiger partial charge in [0.2, 0.25) is 0 Å². The number of nitrogens with two attached hydrogens (primary N) is 1. The minimum absolute atomic E-state index is 0.621. The van der Waals surface area contributed by atoms with E-state index >= 15 is 0 Å². The number of benzene rings is 1. The fourth-order valence-corrected chi connectivity index (χ4v) is 1.97. The third kappa shape index (κ3) is 3.76. The van der Waals surface area contributed by atoms with E-state index in [2.05, 4.69) is 23.7 Å². The Kier molecular flexibility index (Phi) is 4.24. The largest absolute Gasteiger partial charge is 0.369 e. The number of hydrogen-bond donors (Lipinski definition) is 1. The average Bonchev–Trinajstić information content (AvgIpc) is 3.14. The highest BCUT2D eigenvalue weighted by atomic mass is 15.3. The standard InChI is InChI=1S/C15H23N3/c1-12(2)10-11-18(14-8-9-14)15(16)17-13-6-4-3-5-7-13/h3-7,12,14H,8-11H2,1-2H3,(H2,16,17).